The summed E-state index contributed by atoms with van der Waals surface area (Å²) in [5.41, 5.74) is 1.35. The third kappa shape index (κ3) is 7.92. The molecule has 94 valence electrons. The molecule has 1 rings (SSSR count). The number of hydrogen-bond donors (Lipinski definition) is 2. The van der Waals surface area contributed by atoms with Crippen LogP contribution in [0, 0.1) is 0 Å². The highest BCUT2D eigenvalue weighted by Crippen LogP contribution is 2.36. The summed E-state index contributed by atoms with van der Waals surface area (Å²) in [4.78, 5) is 17.2. The van der Waals surface area contributed by atoms with Crippen LogP contribution in [0.5, 0.6) is 0 Å². The second kappa shape index (κ2) is 7.44. The highest BCUT2D eigenvalue weighted by Gasteiger charge is 2.04. The van der Waals surface area contributed by atoms with Crippen LogP contribution >= 0.6 is 7.60 Å². The van der Waals surface area contributed by atoms with Crippen LogP contribution in [-0.2, 0) is 11.0 Å². The summed E-state index contributed by atoms with van der Waals surface area (Å²) in [7, 11) is -3.95. The molecular formula is C13H19O3P. The Labute approximate surface area is 102 Å². The van der Waals surface area contributed by atoms with Gasteiger partial charge in [0.05, 0.1) is 0 Å². The summed E-state index contributed by atoms with van der Waals surface area (Å²) in [6.07, 6.45) is 6.56. The molecule has 1 aromatic rings. The van der Waals surface area contributed by atoms with Crippen LogP contribution < -0.4 is 0 Å². The second-order valence-corrected chi connectivity index (χ2v) is 5.54. The molecule has 0 aliphatic rings. The molecule has 0 unspecified atom stereocenters. The average molecular weight is 254 g/mol. The molecule has 0 saturated heterocycles. The van der Waals surface area contributed by atoms with Crippen molar-refractivity contribution in [1.82, 2.24) is 0 Å². The molecular weight excluding hydrogens is 235 g/mol. The maximum Gasteiger partial charge on any atom is 0.348 e. The van der Waals surface area contributed by atoms with Crippen molar-refractivity contribution in [1.29, 1.82) is 0 Å². The van der Waals surface area contributed by atoms with Gasteiger partial charge in [0.15, 0.2) is 0 Å². The minimum absolute atomic E-state index is 0.736. The van der Waals surface area contributed by atoms with Crippen LogP contribution in [0.2, 0.25) is 0 Å². The number of hydrogen-bond acceptors (Lipinski definition) is 1. The molecule has 2 N–H and O–H groups in total. The molecule has 0 fully saturated rings. The summed E-state index contributed by atoms with van der Waals surface area (Å²) in [5, 5.41) is 0. The van der Waals surface area contributed by atoms with Crippen molar-refractivity contribution in [3.8, 4) is 0 Å². The Bertz CT molecular complexity index is 381. The maximum atomic E-state index is 10.5. The van der Waals surface area contributed by atoms with Gasteiger partial charge >= 0.3 is 7.60 Å². The lowest BCUT2D eigenvalue weighted by atomic mass is 10.1. The van der Waals surface area contributed by atoms with Gasteiger partial charge < -0.3 is 9.79 Å². The normalized spacial score (nSPS) is 12.1. The monoisotopic (exact) mass is 254 g/mol. The number of rotatable bonds is 7. The van der Waals surface area contributed by atoms with Crippen LogP contribution in [0.1, 0.15) is 31.2 Å². The molecule has 4 heteroatoms. The molecule has 0 radical (unpaired) electrons. The summed E-state index contributed by atoms with van der Waals surface area (Å²) < 4.78 is 10.5. The minimum Gasteiger partial charge on any atom is -0.321 e. The Kier molecular flexibility index (Phi) is 6.20. The van der Waals surface area contributed by atoms with Crippen LogP contribution in [0.25, 0.3) is 0 Å². The Morgan fingerprint density at radius 2 is 1.76 bits per heavy atom. The quantitative estimate of drug-likeness (QED) is 0.578. The van der Waals surface area contributed by atoms with Gasteiger partial charge in [0, 0.05) is 5.82 Å². The summed E-state index contributed by atoms with van der Waals surface area (Å²) in [6.45, 7) is 0. The average Bonchev–Trinajstić information content (AvgIpc) is 2.28. The molecule has 0 atom stereocenters. The third-order valence-electron chi connectivity index (χ3n) is 2.48. The van der Waals surface area contributed by atoms with E-state index in [1.807, 2.05) is 18.2 Å². The van der Waals surface area contributed by atoms with E-state index in [-0.39, 0.29) is 0 Å². The van der Waals surface area contributed by atoms with E-state index in [1.165, 1.54) is 5.56 Å². The van der Waals surface area contributed by atoms with E-state index in [0.717, 1.165) is 37.9 Å². The summed E-state index contributed by atoms with van der Waals surface area (Å²) >= 11 is 0. The highest BCUT2D eigenvalue weighted by atomic mass is 31.2. The van der Waals surface area contributed by atoms with Gasteiger partial charge in [-0.3, -0.25) is 4.57 Å². The third-order valence-corrected chi connectivity index (χ3v) is 3.08. The fraction of sp³-hybridized carbons (Fsp3) is 0.385. The van der Waals surface area contributed by atoms with Gasteiger partial charge in [0.1, 0.15) is 0 Å². The van der Waals surface area contributed by atoms with Crippen molar-refractivity contribution in [2.75, 3.05) is 0 Å². The van der Waals surface area contributed by atoms with E-state index in [0.29, 0.717) is 0 Å². The van der Waals surface area contributed by atoms with Crippen LogP contribution in [-0.4, -0.2) is 9.79 Å². The van der Waals surface area contributed by atoms with Crippen molar-refractivity contribution < 1.29 is 14.4 Å². The van der Waals surface area contributed by atoms with Crippen molar-refractivity contribution in [2.24, 2.45) is 0 Å². The maximum absolute atomic E-state index is 10.5. The zero-order valence-corrected chi connectivity index (χ0v) is 10.7. The van der Waals surface area contributed by atoms with Crippen molar-refractivity contribution in [3.05, 3.63) is 47.8 Å². The molecule has 17 heavy (non-hydrogen) atoms. The van der Waals surface area contributed by atoms with Gasteiger partial charge in [-0.2, -0.15) is 0 Å². The SMILES string of the molecule is O=P(O)(O)C=CCCCCCc1ccccc1. The first-order chi connectivity index (χ1) is 8.08. The molecule has 0 saturated carbocycles. The number of aryl methyl sites for hydroxylation is 1. The summed E-state index contributed by atoms with van der Waals surface area (Å²) in [6, 6.07) is 10.3. The van der Waals surface area contributed by atoms with Crippen molar-refractivity contribution in [3.63, 3.8) is 0 Å². The minimum atomic E-state index is -3.95. The molecule has 0 aliphatic carbocycles. The van der Waals surface area contributed by atoms with Gasteiger partial charge in [0.2, 0.25) is 0 Å². The molecule has 3 nitrogen and oxygen atoms in total. The van der Waals surface area contributed by atoms with Gasteiger partial charge in [-0.15, -0.1) is 0 Å². The Hall–Kier alpha value is -0.890. The zero-order chi connectivity index (χ0) is 12.6. The topological polar surface area (TPSA) is 57.5 Å². The Morgan fingerprint density at radius 1 is 1.06 bits per heavy atom. The van der Waals surface area contributed by atoms with Crippen LogP contribution in [0.15, 0.2) is 42.2 Å². The van der Waals surface area contributed by atoms with Gasteiger partial charge in [-0.1, -0.05) is 42.8 Å². The lowest BCUT2D eigenvalue weighted by Gasteiger charge is -2.00. The van der Waals surface area contributed by atoms with E-state index in [4.69, 9.17) is 9.79 Å². The molecule has 0 bridgehead atoms. The van der Waals surface area contributed by atoms with E-state index >= 15 is 0 Å². The van der Waals surface area contributed by atoms with Crippen molar-refractivity contribution >= 4 is 7.60 Å². The van der Waals surface area contributed by atoms with Crippen LogP contribution in [0.4, 0.5) is 0 Å². The van der Waals surface area contributed by atoms with E-state index < -0.39 is 7.60 Å². The lowest BCUT2D eigenvalue weighted by molar-refractivity contribution is 0.386. The molecule has 0 heterocycles. The highest BCUT2D eigenvalue weighted by molar-refractivity contribution is 7.55. The van der Waals surface area contributed by atoms with Gasteiger partial charge in [-0.25, -0.2) is 0 Å². The fourth-order valence-electron chi connectivity index (χ4n) is 1.62. The van der Waals surface area contributed by atoms with E-state index in [1.54, 1.807) is 6.08 Å². The molecule has 0 aliphatic heterocycles. The molecule has 0 spiro atoms. The summed E-state index contributed by atoms with van der Waals surface area (Å²) in [5.74, 6) is 0.990. The first-order valence-electron chi connectivity index (χ1n) is 5.85. The lowest BCUT2D eigenvalue weighted by Crippen LogP contribution is -1.84. The smallest absolute Gasteiger partial charge is 0.321 e. The molecule has 0 aromatic heterocycles. The number of allylic oxidation sites excluding steroid dienone is 1. The number of benzene rings is 1. The van der Waals surface area contributed by atoms with Gasteiger partial charge in [-0.05, 0) is 31.2 Å². The molecule has 1 aromatic carbocycles. The van der Waals surface area contributed by atoms with Crippen LogP contribution in [0.3, 0.4) is 0 Å². The van der Waals surface area contributed by atoms with E-state index in [2.05, 4.69) is 12.1 Å². The number of unbranched alkanes of at least 4 members (excludes halogenated alkanes) is 3. The molecule has 0 amide bonds. The largest absolute Gasteiger partial charge is 0.348 e. The standard InChI is InChI=1S/C13H19O3P/c14-17(15,16)12-8-3-1-2-5-9-13-10-6-4-7-11-13/h4,6-8,10-12H,1-3,5,9H2,(H2,14,15,16). The zero-order valence-electron chi connectivity index (χ0n) is 9.83. The van der Waals surface area contributed by atoms with E-state index in [9.17, 15) is 4.57 Å². The fourth-order valence-corrected chi connectivity index (χ4v) is 2.05. The Morgan fingerprint density at radius 3 is 2.41 bits per heavy atom. The predicted octanol–water partition coefficient (Wildman–Crippen LogP) is 3.48. The first kappa shape index (κ1) is 14.2. The van der Waals surface area contributed by atoms with Crippen molar-refractivity contribution in [2.45, 2.75) is 32.1 Å². The first-order valence-corrected chi connectivity index (χ1v) is 7.53. The predicted molar refractivity (Wildman–Crippen MR) is 69.8 cm³/mol. The van der Waals surface area contributed by atoms with Gasteiger partial charge in [0.25, 0.3) is 0 Å². The Balaban J connectivity index is 2.06. The second-order valence-electron chi connectivity index (χ2n) is 4.06.